The highest BCUT2D eigenvalue weighted by atomic mass is 19.4. The molecule has 1 aromatic rings. The van der Waals surface area contributed by atoms with Crippen molar-refractivity contribution < 1.29 is 23.0 Å². The number of rotatable bonds is 6. The third kappa shape index (κ3) is 3.67. The molecular weight excluding hydrogens is 239 g/mol. The summed E-state index contributed by atoms with van der Waals surface area (Å²) in [7, 11) is 0. The summed E-state index contributed by atoms with van der Waals surface area (Å²) in [5.41, 5.74) is -1.44. The van der Waals surface area contributed by atoms with E-state index in [0.717, 1.165) is 4.68 Å². The summed E-state index contributed by atoms with van der Waals surface area (Å²) >= 11 is 0. The summed E-state index contributed by atoms with van der Waals surface area (Å²) in [6, 6.07) is 0. The molecule has 0 fully saturated rings. The lowest BCUT2D eigenvalue weighted by molar-refractivity contribution is -0.145. The number of hydrogen-bond donors (Lipinski definition) is 1. The molecule has 1 rings (SSSR count). The zero-order chi connectivity index (χ0) is 12.9. The van der Waals surface area contributed by atoms with Crippen LogP contribution >= 0.6 is 0 Å². The molecule has 1 N–H and O–H groups in total. The highest BCUT2D eigenvalue weighted by Crippen LogP contribution is 2.31. The molecule has 0 atom stereocenters. The van der Waals surface area contributed by atoms with Gasteiger partial charge in [-0.3, -0.25) is 0 Å². The molecule has 98 valence electrons. The molecule has 0 aliphatic rings. The van der Waals surface area contributed by atoms with E-state index in [2.05, 4.69) is 10.3 Å². The molecule has 0 saturated carbocycles. The molecule has 0 bridgehead atoms. The van der Waals surface area contributed by atoms with Gasteiger partial charge in [0.2, 0.25) is 0 Å². The summed E-state index contributed by atoms with van der Waals surface area (Å²) in [6.07, 6.45) is -4.15. The number of aliphatic hydroxyl groups is 1. The van der Waals surface area contributed by atoms with Crippen LogP contribution in [0.15, 0.2) is 0 Å². The van der Waals surface area contributed by atoms with Crippen molar-refractivity contribution in [1.29, 1.82) is 0 Å². The summed E-state index contributed by atoms with van der Waals surface area (Å²) in [5.74, 6) is 0. The van der Waals surface area contributed by atoms with E-state index in [9.17, 15) is 13.2 Å². The van der Waals surface area contributed by atoms with Gasteiger partial charge in [0.1, 0.15) is 5.69 Å². The number of ether oxygens (including phenoxy) is 1. The molecule has 1 heterocycles. The molecule has 0 aromatic carbocycles. The van der Waals surface area contributed by atoms with Crippen LogP contribution in [-0.4, -0.2) is 33.3 Å². The van der Waals surface area contributed by atoms with Crippen LogP contribution in [0.1, 0.15) is 24.7 Å². The van der Waals surface area contributed by atoms with Gasteiger partial charge in [0.15, 0.2) is 5.69 Å². The highest BCUT2D eigenvalue weighted by Gasteiger charge is 2.38. The van der Waals surface area contributed by atoms with Gasteiger partial charge in [-0.2, -0.15) is 13.2 Å². The number of aliphatic hydroxyl groups excluding tert-OH is 1. The SMILES string of the molecule is CCOCCCn1nnc(CO)c1C(F)(F)F. The molecule has 0 amide bonds. The molecule has 0 unspecified atom stereocenters. The van der Waals surface area contributed by atoms with Crippen LogP contribution in [0, 0.1) is 0 Å². The predicted molar refractivity (Wildman–Crippen MR) is 52.1 cm³/mol. The first-order valence-corrected chi connectivity index (χ1v) is 5.18. The second-order valence-electron chi connectivity index (χ2n) is 3.31. The maximum atomic E-state index is 12.7. The number of halogens is 3. The number of alkyl halides is 3. The van der Waals surface area contributed by atoms with Crippen molar-refractivity contribution in [1.82, 2.24) is 15.0 Å². The Morgan fingerprint density at radius 3 is 2.65 bits per heavy atom. The summed E-state index contributed by atoms with van der Waals surface area (Å²) in [6.45, 7) is 1.97. The fourth-order valence-electron chi connectivity index (χ4n) is 1.38. The van der Waals surface area contributed by atoms with Gasteiger partial charge in [0, 0.05) is 19.8 Å². The van der Waals surface area contributed by atoms with Gasteiger partial charge in [0.05, 0.1) is 6.61 Å². The number of hydrogen-bond acceptors (Lipinski definition) is 4. The fourth-order valence-corrected chi connectivity index (χ4v) is 1.38. The molecule has 8 heteroatoms. The Bertz CT molecular complexity index is 352. The van der Waals surface area contributed by atoms with E-state index in [4.69, 9.17) is 9.84 Å². The Balaban J connectivity index is 2.75. The van der Waals surface area contributed by atoms with E-state index < -0.39 is 24.2 Å². The van der Waals surface area contributed by atoms with Crippen molar-refractivity contribution in [2.24, 2.45) is 0 Å². The second kappa shape index (κ2) is 5.97. The van der Waals surface area contributed by atoms with Crippen LogP contribution in [0.5, 0.6) is 0 Å². The first-order chi connectivity index (χ1) is 8.00. The quantitative estimate of drug-likeness (QED) is 0.774. The van der Waals surface area contributed by atoms with Crippen LogP contribution in [0.3, 0.4) is 0 Å². The first-order valence-electron chi connectivity index (χ1n) is 5.18. The fraction of sp³-hybridized carbons (Fsp3) is 0.778. The molecule has 0 saturated heterocycles. The van der Waals surface area contributed by atoms with Crippen LogP contribution in [0.25, 0.3) is 0 Å². The van der Waals surface area contributed by atoms with Crippen molar-refractivity contribution >= 4 is 0 Å². The van der Waals surface area contributed by atoms with Crippen LogP contribution in [-0.2, 0) is 24.1 Å². The molecule has 0 radical (unpaired) electrons. The summed E-state index contributed by atoms with van der Waals surface area (Å²) in [5, 5.41) is 15.4. The van der Waals surface area contributed by atoms with Crippen molar-refractivity contribution in [2.75, 3.05) is 13.2 Å². The Morgan fingerprint density at radius 2 is 2.12 bits per heavy atom. The maximum Gasteiger partial charge on any atom is 0.435 e. The van der Waals surface area contributed by atoms with Crippen molar-refractivity contribution in [3.05, 3.63) is 11.4 Å². The van der Waals surface area contributed by atoms with Gasteiger partial charge in [0.25, 0.3) is 0 Å². The Kier molecular flexibility index (Phi) is 4.88. The monoisotopic (exact) mass is 253 g/mol. The largest absolute Gasteiger partial charge is 0.435 e. The molecule has 0 spiro atoms. The average molecular weight is 253 g/mol. The number of nitrogens with zero attached hydrogens (tertiary/aromatic N) is 3. The third-order valence-corrected chi connectivity index (χ3v) is 2.09. The highest BCUT2D eigenvalue weighted by molar-refractivity contribution is 5.12. The van der Waals surface area contributed by atoms with E-state index >= 15 is 0 Å². The third-order valence-electron chi connectivity index (χ3n) is 2.09. The van der Waals surface area contributed by atoms with Crippen LogP contribution in [0.4, 0.5) is 13.2 Å². The average Bonchev–Trinajstić information content (AvgIpc) is 2.67. The molecule has 5 nitrogen and oxygen atoms in total. The molecule has 0 aliphatic heterocycles. The van der Waals surface area contributed by atoms with Gasteiger partial charge in [-0.1, -0.05) is 5.21 Å². The zero-order valence-corrected chi connectivity index (χ0v) is 9.37. The minimum Gasteiger partial charge on any atom is -0.390 e. The van der Waals surface area contributed by atoms with E-state index in [1.54, 1.807) is 6.92 Å². The lowest BCUT2D eigenvalue weighted by Crippen LogP contribution is -2.17. The van der Waals surface area contributed by atoms with E-state index in [1.165, 1.54) is 0 Å². The summed E-state index contributed by atoms with van der Waals surface area (Å²) < 4.78 is 43.8. The van der Waals surface area contributed by atoms with Gasteiger partial charge >= 0.3 is 6.18 Å². The lowest BCUT2D eigenvalue weighted by atomic mass is 10.3. The maximum absolute atomic E-state index is 12.7. The smallest absolute Gasteiger partial charge is 0.390 e. The summed E-state index contributed by atoms with van der Waals surface area (Å²) in [4.78, 5) is 0. The molecule has 17 heavy (non-hydrogen) atoms. The van der Waals surface area contributed by atoms with Crippen molar-refractivity contribution in [2.45, 2.75) is 32.7 Å². The van der Waals surface area contributed by atoms with E-state index in [-0.39, 0.29) is 6.54 Å². The van der Waals surface area contributed by atoms with Gasteiger partial charge in [-0.25, -0.2) is 4.68 Å². The molecule has 0 aliphatic carbocycles. The van der Waals surface area contributed by atoms with Crippen molar-refractivity contribution in [3.63, 3.8) is 0 Å². The number of aromatic nitrogens is 3. The normalized spacial score (nSPS) is 12.1. The molecular formula is C9H14F3N3O2. The van der Waals surface area contributed by atoms with Crippen LogP contribution in [0.2, 0.25) is 0 Å². The van der Waals surface area contributed by atoms with E-state index in [0.29, 0.717) is 19.6 Å². The van der Waals surface area contributed by atoms with Gasteiger partial charge < -0.3 is 9.84 Å². The Labute approximate surface area is 96.2 Å². The van der Waals surface area contributed by atoms with Crippen LogP contribution < -0.4 is 0 Å². The van der Waals surface area contributed by atoms with Crippen molar-refractivity contribution in [3.8, 4) is 0 Å². The van der Waals surface area contributed by atoms with E-state index in [1.807, 2.05) is 0 Å². The topological polar surface area (TPSA) is 60.2 Å². The first kappa shape index (κ1) is 13.9. The Hall–Kier alpha value is -1.15. The van der Waals surface area contributed by atoms with Gasteiger partial charge in [-0.05, 0) is 13.3 Å². The predicted octanol–water partition coefficient (Wildman–Crippen LogP) is 1.22. The number of aryl methyl sites for hydroxylation is 1. The standard InChI is InChI=1S/C9H14F3N3O2/c1-2-17-5-3-4-15-8(9(10,11)12)7(6-16)13-14-15/h16H,2-6H2,1H3. The van der Waals surface area contributed by atoms with Gasteiger partial charge in [-0.15, -0.1) is 5.10 Å². The zero-order valence-electron chi connectivity index (χ0n) is 9.37. The lowest BCUT2D eigenvalue weighted by Gasteiger charge is -2.10. The molecule has 1 aromatic heterocycles. The minimum absolute atomic E-state index is 0.0574. The second-order valence-corrected chi connectivity index (χ2v) is 3.31. The minimum atomic E-state index is -4.56. The Morgan fingerprint density at radius 1 is 1.41 bits per heavy atom.